The topological polar surface area (TPSA) is 48.9 Å². The Kier molecular flexibility index (Phi) is 3.61. The van der Waals surface area contributed by atoms with E-state index in [1.165, 1.54) is 38.3 Å². The van der Waals surface area contributed by atoms with Crippen LogP contribution in [0.1, 0.15) is 50.2 Å². The standard InChI is InChI=1S/C17H20ClFN2O/c18-14-7-12(16-13(15(14)19)8-20-21-16)17(22)11-5-4-9-2-1-3-10(11)6-9/h7-11,17,22H,1-6H2,(H,20,21). The third-order valence-corrected chi connectivity index (χ3v) is 5.99. The predicted octanol–water partition coefficient (Wildman–Crippen LogP) is 4.61. The van der Waals surface area contributed by atoms with Gasteiger partial charge in [-0.25, -0.2) is 4.39 Å². The lowest BCUT2D eigenvalue weighted by Gasteiger charge is -2.42. The molecule has 4 atom stereocenters. The van der Waals surface area contributed by atoms with Crippen molar-refractivity contribution >= 4 is 22.5 Å². The number of nitrogens with one attached hydrogen (secondary N) is 1. The van der Waals surface area contributed by atoms with Crippen LogP contribution in [0.5, 0.6) is 0 Å². The number of aromatic nitrogens is 2. The van der Waals surface area contributed by atoms with Crippen LogP contribution in [0.2, 0.25) is 5.02 Å². The molecule has 0 spiro atoms. The second-order valence-corrected chi connectivity index (χ2v) is 7.31. The zero-order valence-electron chi connectivity index (χ0n) is 12.4. The fraction of sp³-hybridized carbons (Fsp3) is 0.588. The first-order valence-electron chi connectivity index (χ1n) is 8.14. The van der Waals surface area contributed by atoms with Gasteiger partial charge < -0.3 is 5.11 Å². The Morgan fingerprint density at radius 2 is 2.18 bits per heavy atom. The quantitative estimate of drug-likeness (QED) is 0.848. The Hall–Kier alpha value is -1.13. The Labute approximate surface area is 133 Å². The molecular weight excluding hydrogens is 303 g/mol. The first kappa shape index (κ1) is 14.5. The molecule has 2 fully saturated rings. The van der Waals surface area contributed by atoms with Crippen molar-refractivity contribution in [2.45, 2.75) is 44.6 Å². The minimum absolute atomic E-state index is 0.0558. The smallest absolute Gasteiger partial charge is 0.152 e. The molecule has 118 valence electrons. The summed E-state index contributed by atoms with van der Waals surface area (Å²) in [6.45, 7) is 0. The van der Waals surface area contributed by atoms with E-state index in [1.54, 1.807) is 6.07 Å². The number of halogens is 2. The molecule has 0 saturated heterocycles. The van der Waals surface area contributed by atoms with Gasteiger partial charge in [-0.1, -0.05) is 37.3 Å². The molecule has 2 aromatic rings. The molecule has 1 aromatic heterocycles. The lowest BCUT2D eigenvalue weighted by molar-refractivity contribution is 0.0127. The molecule has 1 heterocycles. The number of hydrogen-bond acceptors (Lipinski definition) is 2. The molecule has 0 aliphatic heterocycles. The molecule has 2 saturated carbocycles. The Morgan fingerprint density at radius 1 is 1.32 bits per heavy atom. The van der Waals surface area contributed by atoms with Gasteiger partial charge in [0.2, 0.25) is 0 Å². The third kappa shape index (κ3) is 2.24. The Balaban J connectivity index is 1.72. The number of rotatable bonds is 2. The van der Waals surface area contributed by atoms with E-state index in [-0.39, 0.29) is 10.9 Å². The lowest BCUT2D eigenvalue weighted by Crippen LogP contribution is -2.32. The van der Waals surface area contributed by atoms with Gasteiger partial charge in [0.05, 0.1) is 28.2 Å². The normalized spacial score (nSPS) is 29.7. The largest absolute Gasteiger partial charge is 0.388 e. The first-order chi connectivity index (χ1) is 10.6. The van der Waals surface area contributed by atoms with Crippen molar-refractivity contribution in [1.29, 1.82) is 0 Å². The zero-order valence-corrected chi connectivity index (χ0v) is 13.1. The van der Waals surface area contributed by atoms with Gasteiger partial charge in [-0.2, -0.15) is 5.10 Å². The van der Waals surface area contributed by atoms with Crippen molar-refractivity contribution in [3.05, 3.63) is 28.7 Å². The number of benzene rings is 1. The maximum Gasteiger partial charge on any atom is 0.152 e. The van der Waals surface area contributed by atoms with Crippen LogP contribution in [0.25, 0.3) is 10.9 Å². The summed E-state index contributed by atoms with van der Waals surface area (Å²) in [5, 5.41) is 18.1. The monoisotopic (exact) mass is 322 g/mol. The van der Waals surface area contributed by atoms with E-state index in [0.29, 0.717) is 22.4 Å². The highest BCUT2D eigenvalue weighted by Gasteiger charge is 2.38. The minimum atomic E-state index is -0.606. The van der Waals surface area contributed by atoms with Crippen molar-refractivity contribution in [2.75, 3.05) is 0 Å². The number of aliphatic hydroxyl groups excluding tert-OH is 1. The van der Waals surface area contributed by atoms with Crippen LogP contribution in [0.4, 0.5) is 4.39 Å². The molecule has 4 rings (SSSR count). The number of H-pyrrole nitrogens is 1. The van der Waals surface area contributed by atoms with Gasteiger partial charge in [0, 0.05) is 5.56 Å². The highest BCUT2D eigenvalue weighted by Crippen LogP contribution is 2.48. The molecule has 5 heteroatoms. The van der Waals surface area contributed by atoms with Crippen LogP contribution < -0.4 is 0 Å². The van der Waals surface area contributed by atoms with E-state index in [9.17, 15) is 9.50 Å². The zero-order chi connectivity index (χ0) is 15.3. The maximum absolute atomic E-state index is 14.0. The SMILES string of the molecule is OC(c1cc(Cl)c(F)c2cn[nH]c12)C1CCC2CCCC1C2. The number of hydrogen-bond donors (Lipinski definition) is 2. The summed E-state index contributed by atoms with van der Waals surface area (Å²) in [6.07, 6.45) is 8.09. The third-order valence-electron chi connectivity index (χ3n) is 5.72. The number of fused-ring (bicyclic) bond motifs is 3. The maximum atomic E-state index is 14.0. The van der Waals surface area contributed by atoms with Crippen molar-refractivity contribution < 1.29 is 9.50 Å². The van der Waals surface area contributed by atoms with Crippen LogP contribution in [0.15, 0.2) is 12.3 Å². The van der Waals surface area contributed by atoms with E-state index in [0.717, 1.165) is 12.3 Å². The van der Waals surface area contributed by atoms with Crippen molar-refractivity contribution in [1.82, 2.24) is 10.2 Å². The highest BCUT2D eigenvalue weighted by atomic mass is 35.5. The average Bonchev–Trinajstić information content (AvgIpc) is 3.00. The van der Waals surface area contributed by atoms with Crippen LogP contribution >= 0.6 is 11.6 Å². The minimum Gasteiger partial charge on any atom is -0.388 e. The fourth-order valence-corrected chi connectivity index (χ4v) is 4.82. The predicted molar refractivity (Wildman–Crippen MR) is 84.2 cm³/mol. The van der Waals surface area contributed by atoms with Gasteiger partial charge in [0.15, 0.2) is 5.82 Å². The van der Waals surface area contributed by atoms with Gasteiger partial charge in [0.25, 0.3) is 0 Å². The number of aliphatic hydroxyl groups is 1. The Morgan fingerprint density at radius 3 is 3.05 bits per heavy atom. The summed E-state index contributed by atoms with van der Waals surface area (Å²) in [5.41, 5.74) is 1.26. The molecule has 2 bridgehead atoms. The summed E-state index contributed by atoms with van der Waals surface area (Å²) in [4.78, 5) is 0. The van der Waals surface area contributed by atoms with Gasteiger partial charge in [0.1, 0.15) is 0 Å². The molecule has 3 nitrogen and oxygen atoms in total. The summed E-state index contributed by atoms with van der Waals surface area (Å²) in [7, 11) is 0. The summed E-state index contributed by atoms with van der Waals surface area (Å²) in [5.74, 6) is 1.18. The van der Waals surface area contributed by atoms with E-state index < -0.39 is 11.9 Å². The van der Waals surface area contributed by atoms with Gasteiger partial charge in [-0.15, -0.1) is 0 Å². The first-order valence-corrected chi connectivity index (χ1v) is 8.52. The second kappa shape index (κ2) is 5.50. The second-order valence-electron chi connectivity index (χ2n) is 6.90. The van der Waals surface area contributed by atoms with E-state index in [2.05, 4.69) is 10.2 Å². The number of aromatic amines is 1. The Bertz CT molecular complexity index is 701. The molecule has 22 heavy (non-hydrogen) atoms. The van der Waals surface area contributed by atoms with Gasteiger partial charge in [-0.3, -0.25) is 5.10 Å². The molecule has 0 radical (unpaired) electrons. The lowest BCUT2D eigenvalue weighted by atomic mass is 9.64. The molecule has 0 amide bonds. The van der Waals surface area contributed by atoms with Gasteiger partial charge in [-0.05, 0) is 36.7 Å². The van der Waals surface area contributed by atoms with Crippen molar-refractivity contribution in [3.8, 4) is 0 Å². The molecule has 2 aliphatic rings. The molecule has 2 aliphatic carbocycles. The summed E-state index contributed by atoms with van der Waals surface area (Å²) in [6, 6.07) is 1.57. The van der Waals surface area contributed by atoms with Gasteiger partial charge >= 0.3 is 0 Å². The summed E-state index contributed by atoms with van der Waals surface area (Å²) >= 11 is 6.01. The molecule has 2 N–H and O–H groups in total. The van der Waals surface area contributed by atoms with E-state index in [4.69, 9.17) is 11.6 Å². The molecule has 4 unspecified atom stereocenters. The van der Waals surface area contributed by atoms with Crippen molar-refractivity contribution in [3.63, 3.8) is 0 Å². The molecule has 1 aromatic carbocycles. The average molecular weight is 323 g/mol. The fourth-order valence-electron chi connectivity index (χ4n) is 4.60. The van der Waals surface area contributed by atoms with Crippen LogP contribution in [0, 0.1) is 23.6 Å². The van der Waals surface area contributed by atoms with E-state index >= 15 is 0 Å². The summed E-state index contributed by atoms with van der Waals surface area (Å²) < 4.78 is 14.0. The van der Waals surface area contributed by atoms with E-state index in [1.807, 2.05) is 0 Å². The number of nitrogens with zero attached hydrogens (tertiary/aromatic N) is 1. The van der Waals surface area contributed by atoms with Crippen LogP contribution in [-0.2, 0) is 0 Å². The van der Waals surface area contributed by atoms with Crippen LogP contribution in [-0.4, -0.2) is 15.3 Å². The van der Waals surface area contributed by atoms with Crippen molar-refractivity contribution in [2.24, 2.45) is 17.8 Å². The molecular formula is C17H20ClFN2O. The highest BCUT2D eigenvalue weighted by molar-refractivity contribution is 6.31. The van der Waals surface area contributed by atoms with Crippen LogP contribution in [0.3, 0.4) is 0 Å².